The zero-order valence-corrected chi connectivity index (χ0v) is 17.4. The first-order valence-electron chi connectivity index (χ1n) is 9.65. The van der Waals surface area contributed by atoms with Gasteiger partial charge in [0.25, 0.3) is 5.56 Å². The number of benzene rings is 2. The number of nitrogens with zero attached hydrogens (tertiary/aromatic N) is 3. The van der Waals surface area contributed by atoms with Crippen molar-refractivity contribution in [1.82, 2.24) is 13.9 Å². The van der Waals surface area contributed by atoms with E-state index >= 15 is 0 Å². The van der Waals surface area contributed by atoms with Gasteiger partial charge in [0.05, 0.1) is 35.8 Å². The summed E-state index contributed by atoms with van der Waals surface area (Å²) in [6.45, 7) is 0.137. The number of hydrogen-bond acceptors (Lipinski definition) is 6. The summed E-state index contributed by atoms with van der Waals surface area (Å²) in [5, 5.41) is 9.93. The normalized spacial score (nSPS) is 11.9. The van der Waals surface area contributed by atoms with Gasteiger partial charge in [0.2, 0.25) is 10.0 Å². The fourth-order valence-corrected chi connectivity index (χ4v) is 4.60. The van der Waals surface area contributed by atoms with Crippen molar-refractivity contribution in [3.05, 3.63) is 94.9 Å². The van der Waals surface area contributed by atoms with Crippen molar-refractivity contribution in [3.8, 4) is 5.75 Å². The molecular formula is C22H21N3O5S. The average molecular weight is 439 g/mol. The highest BCUT2D eigenvalue weighted by atomic mass is 32.2. The van der Waals surface area contributed by atoms with Crippen molar-refractivity contribution in [2.45, 2.75) is 19.6 Å². The van der Waals surface area contributed by atoms with Gasteiger partial charge in [-0.25, -0.2) is 13.4 Å². The molecule has 0 fully saturated rings. The van der Waals surface area contributed by atoms with Crippen LogP contribution in [0.25, 0.3) is 10.9 Å². The number of phenols is 1. The van der Waals surface area contributed by atoms with E-state index in [0.717, 1.165) is 5.56 Å². The highest BCUT2D eigenvalue weighted by Crippen LogP contribution is 2.17. The second-order valence-corrected chi connectivity index (χ2v) is 9.18. The number of fused-ring (bicyclic) bond motifs is 1. The topological polar surface area (TPSA) is 106 Å². The van der Waals surface area contributed by atoms with Gasteiger partial charge in [0.15, 0.2) is 0 Å². The summed E-state index contributed by atoms with van der Waals surface area (Å²) in [6, 6.07) is 16.7. The van der Waals surface area contributed by atoms with E-state index in [0.29, 0.717) is 16.7 Å². The molecule has 0 spiro atoms. The summed E-state index contributed by atoms with van der Waals surface area (Å²) in [7, 11) is -3.75. The molecule has 2 aromatic carbocycles. The van der Waals surface area contributed by atoms with Crippen LogP contribution in [0.3, 0.4) is 0 Å². The molecule has 4 aromatic rings. The minimum absolute atomic E-state index is 0.0246. The number of phenolic OH excluding ortho intramolecular Hbond substituents is 1. The highest BCUT2D eigenvalue weighted by molar-refractivity contribution is 7.89. The molecule has 0 aliphatic rings. The van der Waals surface area contributed by atoms with Crippen LogP contribution in [-0.4, -0.2) is 33.1 Å². The zero-order chi connectivity index (χ0) is 21.8. The number of aromatic hydroxyl groups is 1. The van der Waals surface area contributed by atoms with Crippen LogP contribution in [0.1, 0.15) is 11.3 Å². The number of para-hydroxylation sites is 1. The predicted octanol–water partition coefficient (Wildman–Crippen LogP) is 2.73. The lowest BCUT2D eigenvalue weighted by Crippen LogP contribution is -2.35. The van der Waals surface area contributed by atoms with Crippen LogP contribution in [0.15, 0.2) is 82.5 Å². The van der Waals surface area contributed by atoms with Gasteiger partial charge in [-0.2, -0.15) is 4.31 Å². The molecule has 2 aromatic heterocycles. The number of furan rings is 1. The van der Waals surface area contributed by atoms with Crippen molar-refractivity contribution in [2.75, 3.05) is 5.75 Å². The second kappa shape index (κ2) is 8.75. The maximum Gasteiger partial charge on any atom is 0.261 e. The van der Waals surface area contributed by atoms with Gasteiger partial charge in [0.1, 0.15) is 11.5 Å². The maximum atomic E-state index is 13.2. The lowest BCUT2D eigenvalue weighted by atomic mass is 10.2. The lowest BCUT2D eigenvalue weighted by Gasteiger charge is -2.21. The van der Waals surface area contributed by atoms with Crippen LogP contribution >= 0.6 is 0 Å². The molecule has 8 nitrogen and oxygen atoms in total. The van der Waals surface area contributed by atoms with Crippen LogP contribution in [0, 0.1) is 0 Å². The van der Waals surface area contributed by atoms with E-state index in [9.17, 15) is 18.3 Å². The van der Waals surface area contributed by atoms with Gasteiger partial charge in [0, 0.05) is 13.1 Å². The van der Waals surface area contributed by atoms with Gasteiger partial charge in [-0.05, 0) is 42.0 Å². The number of hydrogen-bond donors (Lipinski definition) is 1. The predicted molar refractivity (Wildman–Crippen MR) is 116 cm³/mol. The van der Waals surface area contributed by atoms with Crippen LogP contribution in [0.2, 0.25) is 0 Å². The molecule has 0 saturated heterocycles. The third kappa shape index (κ3) is 4.84. The van der Waals surface area contributed by atoms with E-state index in [1.165, 1.54) is 33.6 Å². The Hall–Kier alpha value is -3.43. The molecule has 0 atom stereocenters. The summed E-state index contributed by atoms with van der Waals surface area (Å²) in [5.74, 6) is 0.338. The zero-order valence-electron chi connectivity index (χ0n) is 16.6. The number of sulfonamides is 1. The first-order chi connectivity index (χ1) is 14.9. The van der Waals surface area contributed by atoms with E-state index in [1.54, 1.807) is 48.5 Å². The largest absolute Gasteiger partial charge is 0.508 e. The fourth-order valence-electron chi connectivity index (χ4n) is 3.24. The molecule has 0 bridgehead atoms. The molecule has 0 aliphatic carbocycles. The third-order valence-electron chi connectivity index (χ3n) is 4.92. The van der Waals surface area contributed by atoms with Crippen molar-refractivity contribution in [3.63, 3.8) is 0 Å². The molecule has 0 amide bonds. The third-order valence-corrected chi connectivity index (χ3v) is 6.67. The number of rotatable bonds is 8. The van der Waals surface area contributed by atoms with Crippen molar-refractivity contribution >= 4 is 20.9 Å². The summed E-state index contributed by atoms with van der Waals surface area (Å²) in [5.41, 5.74) is 1.01. The summed E-state index contributed by atoms with van der Waals surface area (Å²) < 4.78 is 34.3. The van der Waals surface area contributed by atoms with E-state index in [2.05, 4.69) is 4.98 Å². The summed E-state index contributed by atoms with van der Waals surface area (Å²) >= 11 is 0. The Morgan fingerprint density at radius 3 is 2.52 bits per heavy atom. The molecule has 160 valence electrons. The first-order valence-corrected chi connectivity index (χ1v) is 11.3. The van der Waals surface area contributed by atoms with Crippen molar-refractivity contribution in [2.24, 2.45) is 0 Å². The van der Waals surface area contributed by atoms with Gasteiger partial charge in [-0.3, -0.25) is 9.36 Å². The van der Waals surface area contributed by atoms with Gasteiger partial charge < -0.3 is 9.52 Å². The van der Waals surface area contributed by atoms with Crippen LogP contribution < -0.4 is 5.56 Å². The second-order valence-electron chi connectivity index (χ2n) is 7.09. The Labute approximate surface area is 179 Å². The number of aryl methyl sites for hydroxylation is 1. The molecule has 0 unspecified atom stereocenters. The summed E-state index contributed by atoms with van der Waals surface area (Å²) in [6.07, 6.45) is 2.86. The SMILES string of the molecule is O=c1c2ccccc2ncn1CCS(=O)(=O)N(Cc1ccc(O)cc1)Cc1ccco1. The molecule has 0 saturated carbocycles. The van der Waals surface area contributed by atoms with Crippen LogP contribution in [0.4, 0.5) is 0 Å². The molecule has 4 rings (SSSR count). The van der Waals surface area contributed by atoms with E-state index in [4.69, 9.17) is 4.42 Å². The first kappa shape index (κ1) is 20.8. The van der Waals surface area contributed by atoms with Gasteiger partial charge >= 0.3 is 0 Å². The Bertz CT molecular complexity index is 1330. The van der Waals surface area contributed by atoms with Crippen molar-refractivity contribution < 1.29 is 17.9 Å². The highest BCUT2D eigenvalue weighted by Gasteiger charge is 2.24. The quantitative estimate of drug-likeness (QED) is 0.453. The average Bonchev–Trinajstić information content (AvgIpc) is 3.28. The van der Waals surface area contributed by atoms with E-state index in [1.807, 2.05) is 0 Å². The maximum absolute atomic E-state index is 13.2. The van der Waals surface area contributed by atoms with Crippen LogP contribution in [0.5, 0.6) is 5.75 Å². The minimum atomic E-state index is -3.75. The van der Waals surface area contributed by atoms with E-state index < -0.39 is 10.0 Å². The van der Waals surface area contributed by atoms with Gasteiger partial charge in [-0.15, -0.1) is 0 Å². The molecule has 0 aliphatic heterocycles. The molecule has 9 heteroatoms. The Morgan fingerprint density at radius 1 is 1.00 bits per heavy atom. The monoisotopic (exact) mass is 439 g/mol. The Balaban J connectivity index is 1.57. The standard InChI is InChI=1S/C22H21N3O5S/c26-18-9-7-17(8-10-18)14-25(15-19-4-3-12-30-19)31(28,29)13-11-24-16-23-21-6-2-1-5-20(21)22(24)27/h1-10,12,16,26H,11,13-15H2. The fraction of sp³-hybridized carbons (Fsp3) is 0.182. The lowest BCUT2D eigenvalue weighted by molar-refractivity contribution is 0.357. The Morgan fingerprint density at radius 2 is 1.77 bits per heavy atom. The van der Waals surface area contributed by atoms with Crippen LogP contribution in [-0.2, 0) is 29.7 Å². The van der Waals surface area contributed by atoms with Crippen molar-refractivity contribution in [1.29, 1.82) is 0 Å². The number of aromatic nitrogens is 2. The Kier molecular flexibility index (Phi) is 5.88. The minimum Gasteiger partial charge on any atom is -0.508 e. The smallest absolute Gasteiger partial charge is 0.261 e. The molecular weight excluding hydrogens is 418 g/mol. The molecule has 1 N–H and O–H groups in total. The van der Waals surface area contributed by atoms with Gasteiger partial charge in [-0.1, -0.05) is 24.3 Å². The molecule has 31 heavy (non-hydrogen) atoms. The molecule has 0 radical (unpaired) electrons. The molecule has 2 heterocycles. The summed E-state index contributed by atoms with van der Waals surface area (Å²) in [4.78, 5) is 16.9. The van der Waals surface area contributed by atoms with E-state index in [-0.39, 0.29) is 36.7 Å².